The van der Waals surface area contributed by atoms with Crippen molar-refractivity contribution in [1.29, 1.82) is 0 Å². The van der Waals surface area contributed by atoms with Gasteiger partial charge in [-0.1, -0.05) is 60.7 Å². The van der Waals surface area contributed by atoms with E-state index in [9.17, 15) is 4.79 Å². The highest BCUT2D eigenvalue weighted by atomic mass is 16.5. The van der Waals surface area contributed by atoms with Crippen LogP contribution in [0.4, 0.5) is 0 Å². The van der Waals surface area contributed by atoms with Gasteiger partial charge in [0.15, 0.2) is 5.78 Å². The van der Waals surface area contributed by atoms with Gasteiger partial charge in [-0.25, -0.2) is 0 Å². The van der Waals surface area contributed by atoms with Gasteiger partial charge in [0.2, 0.25) is 0 Å². The van der Waals surface area contributed by atoms with Crippen LogP contribution in [-0.2, 0) is 27.5 Å². The summed E-state index contributed by atoms with van der Waals surface area (Å²) in [6, 6.07) is 19.6. The molecule has 116 valence electrons. The molecule has 0 aliphatic rings. The Bertz CT molecular complexity index is 514. The Balaban J connectivity index is 1.77. The lowest BCUT2D eigenvalue weighted by atomic mass is 10.1. The molecule has 2 unspecified atom stereocenters. The molecular formula is C19H22O3. The molecule has 0 aliphatic carbocycles. The molecule has 0 bridgehead atoms. The quantitative estimate of drug-likeness (QED) is 0.744. The third-order valence-electron chi connectivity index (χ3n) is 3.49. The molecule has 0 N–H and O–H groups in total. The predicted molar refractivity (Wildman–Crippen MR) is 86.4 cm³/mol. The molecule has 0 saturated carbocycles. The van der Waals surface area contributed by atoms with Crippen molar-refractivity contribution in [3.63, 3.8) is 0 Å². The van der Waals surface area contributed by atoms with Gasteiger partial charge in [0.05, 0.1) is 13.2 Å². The molecule has 0 saturated heterocycles. The van der Waals surface area contributed by atoms with Crippen LogP contribution >= 0.6 is 0 Å². The van der Waals surface area contributed by atoms with Gasteiger partial charge in [0.25, 0.3) is 0 Å². The average Bonchev–Trinajstić information content (AvgIpc) is 2.58. The standard InChI is InChI=1S/C19H22O3/c1-15(21-13-17-9-5-3-6-10-17)19(20)16(2)22-14-18-11-7-4-8-12-18/h3-12,15-16H,13-14H2,1-2H3. The first-order valence-corrected chi connectivity index (χ1v) is 7.51. The van der Waals surface area contributed by atoms with Gasteiger partial charge < -0.3 is 9.47 Å². The number of carbonyl (C=O) groups is 1. The number of Topliss-reactive ketones (excluding diaryl/α,β-unsaturated/α-hetero) is 1. The average molecular weight is 298 g/mol. The van der Waals surface area contributed by atoms with E-state index >= 15 is 0 Å². The number of carbonyl (C=O) groups excluding carboxylic acids is 1. The van der Waals surface area contributed by atoms with Crippen LogP contribution in [0, 0.1) is 0 Å². The van der Waals surface area contributed by atoms with Gasteiger partial charge in [0.1, 0.15) is 12.2 Å². The Morgan fingerprint density at radius 3 is 1.50 bits per heavy atom. The molecular weight excluding hydrogens is 276 g/mol. The topological polar surface area (TPSA) is 35.5 Å². The lowest BCUT2D eigenvalue weighted by molar-refractivity contribution is -0.141. The number of rotatable bonds is 8. The highest BCUT2D eigenvalue weighted by Gasteiger charge is 2.21. The van der Waals surface area contributed by atoms with Crippen LogP contribution in [0.15, 0.2) is 60.7 Å². The van der Waals surface area contributed by atoms with E-state index in [1.807, 2.05) is 60.7 Å². The zero-order valence-corrected chi connectivity index (χ0v) is 13.1. The lowest BCUT2D eigenvalue weighted by Gasteiger charge is -2.17. The fraction of sp³-hybridized carbons (Fsp3) is 0.316. The fourth-order valence-electron chi connectivity index (χ4n) is 2.09. The van der Waals surface area contributed by atoms with Crippen molar-refractivity contribution < 1.29 is 14.3 Å². The number of ether oxygens (including phenoxy) is 2. The molecule has 2 rings (SSSR count). The van der Waals surface area contributed by atoms with Crippen molar-refractivity contribution in [3.05, 3.63) is 71.8 Å². The van der Waals surface area contributed by atoms with Gasteiger partial charge >= 0.3 is 0 Å². The fourth-order valence-corrected chi connectivity index (χ4v) is 2.09. The van der Waals surface area contributed by atoms with E-state index in [0.29, 0.717) is 13.2 Å². The van der Waals surface area contributed by atoms with Crippen molar-refractivity contribution in [3.8, 4) is 0 Å². The van der Waals surface area contributed by atoms with E-state index in [0.717, 1.165) is 11.1 Å². The first-order chi connectivity index (χ1) is 10.7. The molecule has 3 heteroatoms. The number of benzene rings is 2. The zero-order chi connectivity index (χ0) is 15.8. The van der Waals surface area contributed by atoms with Crippen molar-refractivity contribution in [2.45, 2.75) is 39.3 Å². The number of ketones is 1. The Labute approximate surface area is 131 Å². The molecule has 22 heavy (non-hydrogen) atoms. The summed E-state index contributed by atoms with van der Waals surface area (Å²) in [4.78, 5) is 12.2. The minimum atomic E-state index is -0.481. The number of hydrogen-bond acceptors (Lipinski definition) is 3. The molecule has 3 nitrogen and oxygen atoms in total. The lowest BCUT2D eigenvalue weighted by Crippen LogP contribution is -2.32. The van der Waals surface area contributed by atoms with Gasteiger partial charge in [-0.05, 0) is 25.0 Å². The molecule has 0 aromatic heterocycles. The van der Waals surface area contributed by atoms with Crippen molar-refractivity contribution in [2.24, 2.45) is 0 Å². The minimum Gasteiger partial charge on any atom is -0.366 e. The highest BCUT2D eigenvalue weighted by Crippen LogP contribution is 2.09. The first kappa shape index (κ1) is 16.4. The maximum absolute atomic E-state index is 12.2. The summed E-state index contributed by atoms with van der Waals surface area (Å²) >= 11 is 0. The predicted octanol–water partition coefficient (Wildman–Crippen LogP) is 3.77. The third kappa shape index (κ3) is 5.10. The van der Waals surface area contributed by atoms with Crippen molar-refractivity contribution >= 4 is 5.78 Å². The summed E-state index contributed by atoms with van der Waals surface area (Å²) in [5.74, 6) is -0.0353. The molecule has 0 fully saturated rings. The van der Waals surface area contributed by atoms with Crippen LogP contribution in [-0.4, -0.2) is 18.0 Å². The van der Waals surface area contributed by atoms with E-state index in [1.54, 1.807) is 13.8 Å². The zero-order valence-electron chi connectivity index (χ0n) is 13.1. The van der Waals surface area contributed by atoms with Crippen LogP contribution in [0.2, 0.25) is 0 Å². The summed E-state index contributed by atoms with van der Waals surface area (Å²) in [6.07, 6.45) is -0.961. The van der Waals surface area contributed by atoms with Crippen molar-refractivity contribution in [1.82, 2.24) is 0 Å². The van der Waals surface area contributed by atoms with Crippen LogP contribution in [0.5, 0.6) is 0 Å². The van der Waals surface area contributed by atoms with E-state index in [-0.39, 0.29) is 5.78 Å². The second kappa shape index (κ2) is 8.47. The number of hydrogen-bond donors (Lipinski definition) is 0. The molecule has 2 aromatic rings. The second-order valence-corrected chi connectivity index (χ2v) is 5.28. The van der Waals surface area contributed by atoms with E-state index in [4.69, 9.17) is 9.47 Å². The summed E-state index contributed by atoms with van der Waals surface area (Å²) in [5.41, 5.74) is 2.11. The van der Waals surface area contributed by atoms with Gasteiger partial charge in [-0.15, -0.1) is 0 Å². The van der Waals surface area contributed by atoms with E-state index in [2.05, 4.69) is 0 Å². The summed E-state index contributed by atoms with van der Waals surface area (Å²) in [5, 5.41) is 0. The maximum Gasteiger partial charge on any atom is 0.189 e. The van der Waals surface area contributed by atoms with Crippen molar-refractivity contribution in [2.75, 3.05) is 0 Å². The summed E-state index contributed by atoms with van der Waals surface area (Å²) in [6.45, 7) is 4.40. The molecule has 0 amide bonds. The van der Waals surface area contributed by atoms with Crippen LogP contribution in [0.3, 0.4) is 0 Å². The Hall–Kier alpha value is -1.97. The normalized spacial score (nSPS) is 13.5. The Morgan fingerprint density at radius 1 is 0.773 bits per heavy atom. The van der Waals surface area contributed by atoms with Crippen LogP contribution < -0.4 is 0 Å². The SMILES string of the molecule is CC(OCc1ccccc1)C(=O)C(C)OCc1ccccc1. The monoisotopic (exact) mass is 298 g/mol. The van der Waals surface area contributed by atoms with E-state index in [1.165, 1.54) is 0 Å². The van der Waals surface area contributed by atoms with E-state index < -0.39 is 12.2 Å². The first-order valence-electron chi connectivity index (χ1n) is 7.51. The molecule has 0 spiro atoms. The van der Waals surface area contributed by atoms with Gasteiger partial charge in [0, 0.05) is 0 Å². The Kier molecular flexibility index (Phi) is 6.31. The third-order valence-corrected chi connectivity index (χ3v) is 3.49. The second-order valence-electron chi connectivity index (χ2n) is 5.28. The van der Waals surface area contributed by atoms with Gasteiger partial charge in [-0.3, -0.25) is 4.79 Å². The van der Waals surface area contributed by atoms with Crippen LogP contribution in [0.25, 0.3) is 0 Å². The largest absolute Gasteiger partial charge is 0.366 e. The van der Waals surface area contributed by atoms with Gasteiger partial charge in [-0.2, -0.15) is 0 Å². The molecule has 0 aliphatic heterocycles. The molecule has 2 atom stereocenters. The maximum atomic E-state index is 12.2. The Morgan fingerprint density at radius 2 is 1.14 bits per heavy atom. The minimum absolute atomic E-state index is 0.0353. The summed E-state index contributed by atoms with van der Waals surface area (Å²) < 4.78 is 11.3. The highest BCUT2D eigenvalue weighted by molar-refractivity contribution is 5.86. The molecule has 0 radical (unpaired) electrons. The summed E-state index contributed by atoms with van der Waals surface area (Å²) in [7, 11) is 0. The van der Waals surface area contributed by atoms with Crippen LogP contribution in [0.1, 0.15) is 25.0 Å². The molecule has 2 aromatic carbocycles. The smallest absolute Gasteiger partial charge is 0.189 e. The molecule has 0 heterocycles.